The Morgan fingerprint density at radius 3 is 2.43 bits per heavy atom. The Kier molecular flexibility index (Phi) is 2.67. The van der Waals surface area contributed by atoms with E-state index in [9.17, 15) is 9.59 Å². The summed E-state index contributed by atoms with van der Waals surface area (Å²) in [5, 5.41) is 0. The first kappa shape index (κ1) is 11.2. The van der Waals surface area contributed by atoms with Gasteiger partial charge in [0.1, 0.15) is 0 Å². The predicted molar refractivity (Wildman–Crippen MR) is 49.5 cm³/mol. The highest BCUT2D eigenvalue weighted by Gasteiger charge is 2.48. The summed E-state index contributed by atoms with van der Waals surface area (Å²) in [6.45, 7) is 5.50. The molecule has 0 bridgehead atoms. The van der Waals surface area contributed by atoms with Crippen LogP contribution in [0.1, 0.15) is 33.6 Å². The van der Waals surface area contributed by atoms with Gasteiger partial charge in [-0.1, -0.05) is 0 Å². The smallest absolute Gasteiger partial charge is 0.320 e. The molecule has 1 saturated heterocycles. The summed E-state index contributed by atoms with van der Waals surface area (Å²) in [4.78, 5) is 22.4. The van der Waals surface area contributed by atoms with E-state index in [0.29, 0.717) is 6.42 Å². The zero-order valence-corrected chi connectivity index (χ0v) is 9.05. The normalized spacial score (nSPS) is 28.0. The Balaban J connectivity index is 2.77. The van der Waals surface area contributed by atoms with Gasteiger partial charge < -0.3 is 9.47 Å². The summed E-state index contributed by atoms with van der Waals surface area (Å²) >= 11 is 0. The molecular formula is C10H16O4. The fourth-order valence-corrected chi connectivity index (χ4v) is 1.80. The van der Waals surface area contributed by atoms with Crippen LogP contribution in [0.3, 0.4) is 0 Å². The molecule has 4 heteroatoms. The van der Waals surface area contributed by atoms with Crippen molar-refractivity contribution in [3.8, 4) is 0 Å². The molecule has 1 aliphatic heterocycles. The molecule has 0 amide bonds. The molecule has 0 aromatic heterocycles. The SMILES string of the molecule is COC(C)(C)CC1(C)CC(=O)OC1=O. The van der Waals surface area contributed by atoms with Crippen molar-refractivity contribution in [2.24, 2.45) is 5.41 Å². The number of ether oxygens (including phenoxy) is 2. The van der Waals surface area contributed by atoms with Crippen LogP contribution >= 0.6 is 0 Å². The lowest BCUT2D eigenvalue weighted by molar-refractivity contribution is -0.156. The standard InChI is InChI=1S/C10H16O4/c1-9(2,13-4)6-10(3)5-7(11)14-8(10)12/h5-6H2,1-4H3. The summed E-state index contributed by atoms with van der Waals surface area (Å²) in [5.41, 5.74) is -1.14. The molecule has 0 aliphatic carbocycles. The molecule has 80 valence electrons. The summed E-state index contributed by atoms with van der Waals surface area (Å²) in [6.07, 6.45) is 0.639. The number of hydrogen-bond donors (Lipinski definition) is 0. The Bertz CT molecular complexity index is 269. The average Bonchev–Trinajstić information content (AvgIpc) is 2.24. The van der Waals surface area contributed by atoms with Gasteiger partial charge in [0.05, 0.1) is 17.4 Å². The molecule has 1 fully saturated rings. The van der Waals surface area contributed by atoms with Gasteiger partial charge in [0.25, 0.3) is 0 Å². The third kappa shape index (κ3) is 2.12. The quantitative estimate of drug-likeness (QED) is 0.508. The van der Waals surface area contributed by atoms with Crippen LogP contribution in [0.25, 0.3) is 0 Å². The number of carbonyl (C=O) groups is 2. The monoisotopic (exact) mass is 200 g/mol. The highest BCUT2D eigenvalue weighted by Crippen LogP contribution is 2.38. The number of hydrogen-bond acceptors (Lipinski definition) is 4. The van der Waals surface area contributed by atoms with Crippen LogP contribution in [0.4, 0.5) is 0 Å². The van der Waals surface area contributed by atoms with Gasteiger partial charge >= 0.3 is 11.9 Å². The third-order valence-corrected chi connectivity index (χ3v) is 2.60. The van der Waals surface area contributed by atoms with Crippen molar-refractivity contribution in [2.45, 2.75) is 39.2 Å². The summed E-state index contributed by atoms with van der Waals surface area (Å²) in [7, 11) is 1.59. The Labute approximate surface area is 83.6 Å². The van der Waals surface area contributed by atoms with Crippen LogP contribution in [-0.4, -0.2) is 24.6 Å². The molecule has 0 saturated carbocycles. The van der Waals surface area contributed by atoms with E-state index in [1.807, 2.05) is 13.8 Å². The van der Waals surface area contributed by atoms with Gasteiger partial charge in [0.15, 0.2) is 0 Å². The molecule has 0 aromatic carbocycles. The van der Waals surface area contributed by atoms with E-state index in [1.165, 1.54) is 0 Å². The molecule has 1 atom stereocenters. The topological polar surface area (TPSA) is 52.6 Å². The molecular weight excluding hydrogens is 184 g/mol. The summed E-state index contributed by atoms with van der Waals surface area (Å²) in [6, 6.07) is 0. The van der Waals surface area contributed by atoms with E-state index >= 15 is 0 Å². The van der Waals surface area contributed by atoms with Gasteiger partial charge in [-0.3, -0.25) is 9.59 Å². The van der Waals surface area contributed by atoms with Crippen molar-refractivity contribution >= 4 is 11.9 Å². The van der Waals surface area contributed by atoms with Crippen LogP contribution < -0.4 is 0 Å². The number of cyclic esters (lactones) is 2. The first-order chi connectivity index (χ1) is 6.29. The van der Waals surface area contributed by atoms with Crippen LogP contribution in [0, 0.1) is 5.41 Å². The highest BCUT2D eigenvalue weighted by atomic mass is 16.6. The van der Waals surface area contributed by atoms with E-state index < -0.39 is 23.0 Å². The Morgan fingerprint density at radius 2 is 2.07 bits per heavy atom. The van der Waals surface area contributed by atoms with Gasteiger partial charge in [0, 0.05) is 7.11 Å². The maximum Gasteiger partial charge on any atom is 0.320 e. The van der Waals surface area contributed by atoms with Crippen molar-refractivity contribution in [1.29, 1.82) is 0 Å². The first-order valence-corrected chi connectivity index (χ1v) is 4.59. The number of rotatable bonds is 3. The fraction of sp³-hybridized carbons (Fsp3) is 0.800. The van der Waals surface area contributed by atoms with E-state index in [-0.39, 0.29) is 6.42 Å². The van der Waals surface area contributed by atoms with Crippen molar-refractivity contribution in [2.75, 3.05) is 7.11 Å². The lowest BCUT2D eigenvalue weighted by atomic mass is 9.79. The van der Waals surface area contributed by atoms with Crippen molar-refractivity contribution < 1.29 is 19.1 Å². The molecule has 1 heterocycles. The second kappa shape index (κ2) is 3.35. The molecule has 0 spiro atoms. The Hall–Kier alpha value is -0.900. The second-order valence-electron chi connectivity index (χ2n) is 4.64. The van der Waals surface area contributed by atoms with Crippen molar-refractivity contribution in [3.05, 3.63) is 0 Å². The molecule has 14 heavy (non-hydrogen) atoms. The first-order valence-electron chi connectivity index (χ1n) is 4.59. The van der Waals surface area contributed by atoms with Gasteiger partial charge in [-0.05, 0) is 27.2 Å². The second-order valence-corrected chi connectivity index (χ2v) is 4.64. The van der Waals surface area contributed by atoms with Gasteiger partial charge in [-0.15, -0.1) is 0 Å². The van der Waals surface area contributed by atoms with Gasteiger partial charge in [0.2, 0.25) is 0 Å². The van der Waals surface area contributed by atoms with Crippen LogP contribution in [-0.2, 0) is 19.1 Å². The van der Waals surface area contributed by atoms with E-state index in [4.69, 9.17) is 4.74 Å². The molecule has 4 nitrogen and oxygen atoms in total. The Morgan fingerprint density at radius 1 is 1.50 bits per heavy atom. The van der Waals surface area contributed by atoms with E-state index in [1.54, 1.807) is 14.0 Å². The largest absolute Gasteiger partial charge is 0.393 e. The molecule has 1 aliphatic rings. The number of methoxy groups -OCH3 is 1. The molecule has 0 radical (unpaired) electrons. The molecule has 1 unspecified atom stereocenters. The highest BCUT2D eigenvalue weighted by molar-refractivity contribution is 5.97. The van der Waals surface area contributed by atoms with Crippen LogP contribution in [0.15, 0.2) is 0 Å². The van der Waals surface area contributed by atoms with Crippen molar-refractivity contribution in [3.63, 3.8) is 0 Å². The maximum absolute atomic E-state index is 11.4. The fourth-order valence-electron chi connectivity index (χ4n) is 1.80. The molecule has 1 rings (SSSR count). The maximum atomic E-state index is 11.4. The van der Waals surface area contributed by atoms with Gasteiger partial charge in [-0.2, -0.15) is 0 Å². The van der Waals surface area contributed by atoms with Crippen LogP contribution in [0.5, 0.6) is 0 Å². The lowest BCUT2D eigenvalue weighted by Crippen LogP contribution is -2.34. The van der Waals surface area contributed by atoms with E-state index in [2.05, 4.69) is 4.74 Å². The summed E-state index contributed by atoms with van der Waals surface area (Å²) < 4.78 is 9.76. The third-order valence-electron chi connectivity index (χ3n) is 2.60. The minimum atomic E-state index is -0.726. The molecule has 0 N–H and O–H groups in total. The van der Waals surface area contributed by atoms with E-state index in [0.717, 1.165) is 0 Å². The van der Waals surface area contributed by atoms with Crippen molar-refractivity contribution in [1.82, 2.24) is 0 Å². The zero-order chi connectivity index (χ0) is 11.0. The molecule has 0 aromatic rings. The average molecular weight is 200 g/mol. The number of esters is 2. The number of carbonyl (C=O) groups excluding carboxylic acids is 2. The summed E-state index contributed by atoms with van der Waals surface area (Å²) in [5.74, 6) is -0.878. The zero-order valence-electron chi connectivity index (χ0n) is 9.05. The minimum Gasteiger partial charge on any atom is -0.393 e. The van der Waals surface area contributed by atoms with Crippen LogP contribution in [0.2, 0.25) is 0 Å². The minimum absolute atomic E-state index is 0.151. The lowest BCUT2D eigenvalue weighted by Gasteiger charge is -2.30. The predicted octanol–water partition coefficient (Wildman–Crippen LogP) is 1.28. The van der Waals surface area contributed by atoms with Gasteiger partial charge in [-0.25, -0.2) is 0 Å².